The first-order chi connectivity index (χ1) is 8.69. The van der Waals surface area contributed by atoms with E-state index in [0.717, 1.165) is 6.42 Å². The van der Waals surface area contributed by atoms with Crippen molar-refractivity contribution in [1.82, 2.24) is 0 Å². The van der Waals surface area contributed by atoms with E-state index >= 15 is 0 Å². The van der Waals surface area contributed by atoms with Crippen molar-refractivity contribution in [2.75, 3.05) is 5.32 Å². The summed E-state index contributed by atoms with van der Waals surface area (Å²) in [4.78, 5) is 0. The van der Waals surface area contributed by atoms with E-state index in [4.69, 9.17) is 0 Å². The lowest BCUT2D eigenvalue weighted by molar-refractivity contribution is 0.883. The quantitative estimate of drug-likeness (QED) is 0.762. The number of rotatable bonds is 4. The molecule has 0 spiro atoms. The highest BCUT2D eigenvalue weighted by Crippen LogP contribution is 2.21. The Morgan fingerprint density at radius 1 is 1.11 bits per heavy atom. The van der Waals surface area contributed by atoms with Crippen LogP contribution in [0.25, 0.3) is 0 Å². The molecule has 0 heterocycles. The second-order valence-electron chi connectivity index (χ2n) is 4.47. The fourth-order valence-corrected chi connectivity index (χ4v) is 2.33. The molecule has 1 nitrogen and oxygen atoms in total. The van der Waals surface area contributed by atoms with Gasteiger partial charge < -0.3 is 5.32 Å². The summed E-state index contributed by atoms with van der Waals surface area (Å²) in [6, 6.07) is 17.6. The summed E-state index contributed by atoms with van der Waals surface area (Å²) < 4.78 is 1.27. The molecule has 0 saturated carbocycles. The van der Waals surface area contributed by atoms with Gasteiger partial charge in [0.2, 0.25) is 0 Å². The lowest BCUT2D eigenvalue weighted by Gasteiger charge is -2.16. The van der Waals surface area contributed by atoms with E-state index in [2.05, 4.69) is 90.3 Å². The van der Waals surface area contributed by atoms with Gasteiger partial charge in [-0.1, -0.05) is 31.2 Å². The van der Waals surface area contributed by atoms with Gasteiger partial charge >= 0.3 is 0 Å². The molecule has 2 heteroatoms. The van der Waals surface area contributed by atoms with Gasteiger partial charge in [-0.05, 0) is 71.3 Å². The standard InChI is InChI=1S/C16H18IN/c1-3-13-5-4-6-16(11-13)18-12(2)14-7-9-15(17)10-8-14/h4-12,18H,3H2,1-2H3. The Morgan fingerprint density at radius 2 is 1.83 bits per heavy atom. The fraction of sp³-hybridized carbons (Fsp3) is 0.250. The number of nitrogens with one attached hydrogen (secondary N) is 1. The van der Waals surface area contributed by atoms with Crippen molar-refractivity contribution in [2.24, 2.45) is 0 Å². The minimum absolute atomic E-state index is 0.328. The summed E-state index contributed by atoms with van der Waals surface area (Å²) in [6.07, 6.45) is 1.08. The van der Waals surface area contributed by atoms with Crippen molar-refractivity contribution in [3.8, 4) is 0 Å². The molecule has 0 aromatic heterocycles. The highest BCUT2D eigenvalue weighted by Gasteiger charge is 2.05. The largest absolute Gasteiger partial charge is 0.379 e. The molecular weight excluding hydrogens is 333 g/mol. The zero-order chi connectivity index (χ0) is 13.0. The normalized spacial score (nSPS) is 12.2. The second-order valence-corrected chi connectivity index (χ2v) is 5.72. The van der Waals surface area contributed by atoms with Crippen molar-refractivity contribution >= 4 is 28.3 Å². The predicted octanol–water partition coefficient (Wildman–Crippen LogP) is 5.03. The molecule has 0 amide bonds. The van der Waals surface area contributed by atoms with Crippen molar-refractivity contribution in [2.45, 2.75) is 26.3 Å². The monoisotopic (exact) mass is 351 g/mol. The fourth-order valence-electron chi connectivity index (χ4n) is 1.97. The van der Waals surface area contributed by atoms with Crippen LogP contribution in [0, 0.1) is 3.57 Å². The van der Waals surface area contributed by atoms with Crippen LogP contribution >= 0.6 is 22.6 Å². The molecule has 0 fully saturated rings. The van der Waals surface area contributed by atoms with Crippen LogP contribution in [0.5, 0.6) is 0 Å². The highest BCUT2D eigenvalue weighted by atomic mass is 127. The third-order valence-corrected chi connectivity index (χ3v) is 3.81. The zero-order valence-corrected chi connectivity index (χ0v) is 12.9. The SMILES string of the molecule is CCc1cccc(NC(C)c2ccc(I)cc2)c1. The van der Waals surface area contributed by atoms with Gasteiger partial charge in [-0.25, -0.2) is 0 Å². The van der Waals surface area contributed by atoms with Gasteiger partial charge in [0.15, 0.2) is 0 Å². The molecule has 1 N–H and O–H groups in total. The molecule has 2 aromatic carbocycles. The number of anilines is 1. The average Bonchev–Trinajstić information content (AvgIpc) is 2.39. The first-order valence-corrected chi connectivity index (χ1v) is 7.38. The molecule has 2 aromatic rings. The third-order valence-electron chi connectivity index (χ3n) is 3.09. The molecule has 0 saturated heterocycles. The van der Waals surface area contributed by atoms with E-state index in [9.17, 15) is 0 Å². The minimum Gasteiger partial charge on any atom is -0.379 e. The van der Waals surface area contributed by atoms with Crippen molar-refractivity contribution in [1.29, 1.82) is 0 Å². The van der Waals surface area contributed by atoms with Crippen LogP contribution in [-0.4, -0.2) is 0 Å². The number of hydrogen-bond acceptors (Lipinski definition) is 1. The summed E-state index contributed by atoms with van der Waals surface area (Å²) in [5, 5.41) is 3.55. The van der Waals surface area contributed by atoms with Gasteiger partial charge in [-0.15, -0.1) is 0 Å². The van der Waals surface area contributed by atoms with Gasteiger partial charge in [0.1, 0.15) is 0 Å². The van der Waals surface area contributed by atoms with Crippen LogP contribution in [0.3, 0.4) is 0 Å². The Labute approximate surface area is 123 Å². The van der Waals surface area contributed by atoms with Gasteiger partial charge in [0, 0.05) is 15.3 Å². The Balaban J connectivity index is 2.10. The maximum atomic E-state index is 3.55. The molecule has 0 aliphatic carbocycles. The third kappa shape index (κ3) is 3.48. The van der Waals surface area contributed by atoms with Crippen molar-refractivity contribution < 1.29 is 0 Å². The van der Waals surface area contributed by atoms with E-state index in [0.29, 0.717) is 6.04 Å². The molecule has 0 aliphatic rings. The second kappa shape index (κ2) is 6.23. The van der Waals surface area contributed by atoms with Gasteiger partial charge in [0.05, 0.1) is 0 Å². The van der Waals surface area contributed by atoms with Crippen molar-refractivity contribution in [3.05, 3.63) is 63.2 Å². The number of aryl methyl sites for hydroxylation is 1. The maximum Gasteiger partial charge on any atom is 0.0485 e. The lowest BCUT2D eigenvalue weighted by Crippen LogP contribution is -2.06. The Kier molecular flexibility index (Phi) is 4.64. The van der Waals surface area contributed by atoms with Crippen LogP contribution in [-0.2, 0) is 6.42 Å². The van der Waals surface area contributed by atoms with E-state index in [1.165, 1.54) is 20.4 Å². The minimum atomic E-state index is 0.328. The van der Waals surface area contributed by atoms with E-state index < -0.39 is 0 Å². The van der Waals surface area contributed by atoms with Crippen LogP contribution in [0.4, 0.5) is 5.69 Å². The smallest absolute Gasteiger partial charge is 0.0485 e. The molecule has 18 heavy (non-hydrogen) atoms. The molecule has 94 valence electrons. The summed E-state index contributed by atoms with van der Waals surface area (Å²) in [5.41, 5.74) is 3.88. The number of benzene rings is 2. The van der Waals surface area contributed by atoms with Crippen molar-refractivity contribution in [3.63, 3.8) is 0 Å². The number of halogens is 1. The average molecular weight is 351 g/mol. The van der Waals surface area contributed by atoms with E-state index in [1.807, 2.05) is 0 Å². The van der Waals surface area contributed by atoms with Crippen LogP contribution < -0.4 is 5.32 Å². The Bertz CT molecular complexity index is 505. The molecule has 0 bridgehead atoms. The van der Waals surface area contributed by atoms with Crippen LogP contribution in [0.1, 0.15) is 31.0 Å². The predicted molar refractivity (Wildman–Crippen MR) is 87.0 cm³/mol. The number of hydrogen-bond donors (Lipinski definition) is 1. The molecular formula is C16H18IN. The first-order valence-electron chi connectivity index (χ1n) is 6.30. The highest BCUT2D eigenvalue weighted by molar-refractivity contribution is 14.1. The van der Waals surface area contributed by atoms with Crippen LogP contribution in [0.2, 0.25) is 0 Å². The van der Waals surface area contributed by atoms with Gasteiger partial charge in [-0.3, -0.25) is 0 Å². The summed E-state index contributed by atoms with van der Waals surface area (Å²) in [6.45, 7) is 4.38. The van der Waals surface area contributed by atoms with E-state index in [1.54, 1.807) is 0 Å². The topological polar surface area (TPSA) is 12.0 Å². The van der Waals surface area contributed by atoms with Gasteiger partial charge in [-0.2, -0.15) is 0 Å². The molecule has 1 unspecified atom stereocenters. The molecule has 2 rings (SSSR count). The molecule has 0 radical (unpaired) electrons. The summed E-state index contributed by atoms with van der Waals surface area (Å²) in [7, 11) is 0. The summed E-state index contributed by atoms with van der Waals surface area (Å²) >= 11 is 2.33. The summed E-state index contributed by atoms with van der Waals surface area (Å²) in [5.74, 6) is 0. The van der Waals surface area contributed by atoms with Crippen LogP contribution in [0.15, 0.2) is 48.5 Å². The van der Waals surface area contributed by atoms with E-state index in [-0.39, 0.29) is 0 Å². The van der Waals surface area contributed by atoms with Gasteiger partial charge in [0.25, 0.3) is 0 Å². The zero-order valence-electron chi connectivity index (χ0n) is 10.8. The first kappa shape index (κ1) is 13.4. The maximum absolute atomic E-state index is 3.55. The molecule has 1 atom stereocenters. The molecule has 0 aliphatic heterocycles. The Morgan fingerprint density at radius 3 is 2.50 bits per heavy atom. The Hall–Kier alpha value is -1.03. The lowest BCUT2D eigenvalue weighted by atomic mass is 10.1.